The molecule has 2 aromatic heterocycles. The van der Waals surface area contributed by atoms with Gasteiger partial charge in [-0.1, -0.05) is 0 Å². The number of fused-ring (bicyclic) bond motifs is 1. The Balaban J connectivity index is 1.56. The summed E-state index contributed by atoms with van der Waals surface area (Å²) in [5.74, 6) is 0.853. The fraction of sp³-hybridized carbons (Fsp3) is 0.625. The molecule has 0 aromatic carbocycles. The number of hydrogen-bond acceptors (Lipinski definition) is 4. The highest BCUT2D eigenvalue weighted by Crippen LogP contribution is 2.42. The topological polar surface area (TPSA) is 58.4 Å². The Morgan fingerprint density at radius 2 is 2.27 bits per heavy atom. The van der Waals surface area contributed by atoms with Crippen LogP contribution in [0.3, 0.4) is 0 Å². The second-order valence-corrected chi connectivity index (χ2v) is 7.25. The van der Waals surface area contributed by atoms with E-state index in [1.807, 2.05) is 0 Å². The van der Waals surface area contributed by atoms with Crippen molar-refractivity contribution in [2.75, 3.05) is 6.54 Å². The quantitative estimate of drug-likeness (QED) is 0.910. The van der Waals surface area contributed by atoms with Crippen molar-refractivity contribution < 1.29 is 4.79 Å². The van der Waals surface area contributed by atoms with Crippen molar-refractivity contribution in [1.82, 2.24) is 20.0 Å². The van der Waals surface area contributed by atoms with E-state index < -0.39 is 0 Å². The van der Waals surface area contributed by atoms with Gasteiger partial charge < -0.3 is 10.6 Å². The number of aromatic nitrogens is 2. The smallest absolute Gasteiger partial charge is 0.237 e. The Bertz CT molecular complexity index is 700. The van der Waals surface area contributed by atoms with E-state index >= 15 is 0 Å². The fourth-order valence-corrected chi connectivity index (χ4v) is 4.30. The lowest BCUT2D eigenvalue weighted by molar-refractivity contribution is -0.122. The number of imidazole rings is 1. The highest BCUT2D eigenvalue weighted by atomic mass is 32.1. The Morgan fingerprint density at radius 3 is 3.09 bits per heavy atom. The molecular weight excluding hydrogens is 296 g/mol. The summed E-state index contributed by atoms with van der Waals surface area (Å²) >= 11 is 1.73. The van der Waals surface area contributed by atoms with Crippen LogP contribution in [0.2, 0.25) is 0 Å². The Kier molecular flexibility index (Phi) is 3.66. The molecule has 6 heteroatoms. The minimum Gasteiger partial charge on any atom is -0.355 e. The Morgan fingerprint density at radius 1 is 1.41 bits per heavy atom. The highest BCUT2D eigenvalue weighted by Gasteiger charge is 2.29. The van der Waals surface area contributed by atoms with E-state index in [1.54, 1.807) is 11.3 Å². The highest BCUT2D eigenvalue weighted by molar-refractivity contribution is 7.15. The van der Waals surface area contributed by atoms with Crippen LogP contribution in [0.25, 0.3) is 4.96 Å². The molecule has 1 saturated carbocycles. The third kappa shape index (κ3) is 2.54. The molecule has 1 aliphatic heterocycles. The van der Waals surface area contributed by atoms with E-state index in [9.17, 15) is 4.79 Å². The molecule has 2 N–H and O–H groups in total. The lowest BCUT2D eigenvalue weighted by Gasteiger charge is -2.15. The molecule has 2 fully saturated rings. The zero-order valence-corrected chi connectivity index (χ0v) is 13.7. The molecule has 118 valence electrons. The minimum atomic E-state index is -0.0736. The molecule has 0 spiro atoms. The number of nitrogens with zero attached hydrogens (tertiary/aromatic N) is 2. The van der Waals surface area contributed by atoms with Crippen LogP contribution in [-0.4, -0.2) is 27.9 Å². The second-order valence-electron chi connectivity index (χ2n) is 6.42. The number of hydrogen-bond donors (Lipinski definition) is 2. The minimum absolute atomic E-state index is 0.0736. The van der Waals surface area contributed by atoms with Gasteiger partial charge in [-0.3, -0.25) is 9.20 Å². The van der Waals surface area contributed by atoms with Crippen molar-refractivity contribution in [2.24, 2.45) is 0 Å². The summed E-state index contributed by atoms with van der Waals surface area (Å²) < 4.78 is 2.32. The SMILES string of the molecule is Cc1nc2scc(C3CC3)n2c1CNC1CCCCNC1=O. The maximum Gasteiger partial charge on any atom is 0.237 e. The van der Waals surface area contributed by atoms with Gasteiger partial charge in [-0.2, -0.15) is 0 Å². The summed E-state index contributed by atoms with van der Waals surface area (Å²) in [6.07, 6.45) is 5.69. The third-order valence-electron chi connectivity index (χ3n) is 4.73. The Labute approximate surface area is 134 Å². The van der Waals surface area contributed by atoms with E-state index in [2.05, 4.69) is 32.3 Å². The summed E-state index contributed by atoms with van der Waals surface area (Å²) in [5, 5.41) is 8.70. The number of amides is 1. The first kappa shape index (κ1) is 14.2. The van der Waals surface area contributed by atoms with Gasteiger partial charge in [-0.15, -0.1) is 11.3 Å². The predicted molar refractivity (Wildman–Crippen MR) is 87.3 cm³/mol. The van der Waals surface area contributed by atoms with Crippen molar-refractivity contribution in [3.8, 4) is 0 Å². The van der Waals surface area contributed by atoms with Gasteiger partial charge in [-0.05, 0) is 39.0 Å². The first-order chi connectivity index (χ1) is 10.7. The Hall–Kier alpha value is -1.40. The van der Waals surface area contributed by atoms with E-state index in [0.29, 0.717) is 12.5 Å². The van der Waals surface area contributed by atoms with Crippen LogP contribution in [0.15, 0.2) is 5.38 Å². The van der Waals surface area contributed by atoms with Crippen LogP contribution < -0.4 is 10.6 Å². The van der Waals surface area contributed by atoms with Crippen molar-refractivity contribution in [2.45, 2.75) is 57.5 Å². The van der Waals surface area contributed by atoms with E-state index in [4.69, 9.17) is 0 Å². The van der Waals surface area contributed by atoms with E-state index in [-0.39, 0.29) is 11.9 Å². The van der Waals surface area contributed by atoms with Gasteiger partial charge in [0.2, 0.25) is 5.91 Å². The molecular formula is C16H22N4OS. The van der Waals surface area contributed by atoms with Gasteiger partial charge in [0.15, 0.2) is 4.96 Å². The summed E-state index contributed by atoms with van der Waals surface area (Å²) in [6.45, 7) is 3.59. The standard InChI is InChI=1S/C16H22N4OS/c1-10-13(8-18-12-4-2-3-7-17-15(12)21)20-14(11-5-6-11)9-22-16(20)19-10/h9,11-12,18H,2-8H2,1H3,(H,17,21). The lowest BCUT2D eigenvalue weighted by atomic mass is 10.1. The molecule has 1 amide bonds. The van der Waals surface area contributed by atoms with E-state index in [0.717, 1.165) is 36.5 Å². The maximum absolute atomic E-state index is 12.1. The molecule has 1 saturated heterocycles. The number of rotatable bonds is 4. The molecule has 3 heterocycles. The number of nitrogens with one attached hydrogen (secondary N) is 2. The van der Waals surface area contributed by atoms with Crippen LogP contribution >= 0.6 is 11.3 Å². The summed E-state index contributed by atoms with van der Waals surface area (Å²) in [7, 11) is 0. The predicted octanol–water partition coefficient (Wildman–Crippen LogP) is 2.34. The van der Waals surface area contributed by atoms with Crippen molar-refractivity contribution in [3.05, 3.63) is 22.5 Å². The lowest BCUT2D eigenvalue weighted by Crippen LogP contribution is -2.42. The molecule has 1 atom stereocenters. The maximum atomic E-state index is 12.1. The number of carbonyl (C=O) groups is 1. The number of thiazole rings is 1. The van der Waals surface area contributed by atoms with Gasteiger partial charge in [0.25, 0.3) is 0 Å². The van der Waals surface area contributed by atoms with Crippen molar-refractivity contribution in [1.29, 1.82) is 0 Å². The van der Waals surface area contributed by atoms with Gasteiger partial charge in [0.1, 0.15) is 0 Å². The molecule has 0 radical (unpaired) electrons. The average molecular weight is 318 g/mol. The van der Waals surface area contributed by atoms with Crippen LogP contribution in [0.1, 0.15) is 55.1 Å². The van der Waals surface area contributed by atoms with Crippen molar-refractivity contribution in [3.63, 3.8) is 0 Å². The second kappa shape index (κ2) is 5.66. The number of carbonyl (C=O) groups excluding carboxylic acids is 1. The monoisotopic (exact) mass is 318 g/mol. The molecule has 2 aliphatic rings. The van der Waals surface area contributed by atoms with Crippen LogP contribution in [0.5, 0.6) is 0 Å². The van der Waals surface area contributed by atoms with Crippen LogP contribution in [0.4, 0.5) is 0 Å². The largest absolute Gasteiger partial charge is 0.355 e. The summed E-state index contributed by atoms with van der Waals surface area (Å²) in [5.41, 5.74) is 3.70. The number of aryl methyl sites for hydroxylation is 1. The van der Waals surface area contributed by atoms with Gasteiger partial charge in [-0.25, -0.2) is 4.98 Å². The van der Waals surface area contributed by atoms with E-state index in [1.165, 1.54) is 24.2 Å². The third-order valence-corrected chi connectivity index (χ3v) is 5.58. The fourth-order valence-electron chi connectivity index (χ4n) is 3.27. The molecule has 4 rings (SSSR count). The molecule has 22 heavy (non-hydrogen) atoms. The van der Waals surface area contributed by atoms with Gasteiger partial charge in [0.05, 0.1) is 17.4 Å². The zero-order chi connectivity index (χ0) is 15.1. The molecule has 1 unspecified atom stereocenters. The first-order valence-electron chi connectivity index (χ1n) is 8.20. The summed E-state index contributed by atoms with van der Waals surface area (Å²) in [4.78, 5) is 17.8. The van der Waals surface area contributed by atoms with Gasteiger partial charge >= 0.3 is 0 Å². The summed E-state index contributed by atoms with van der Waals surface area (Å²) in [6, 6.07) is -0.0736. The molecule has 1 aliphatic carbocycles. The van der Waals surface area contributed by atoms with Crippen LogP contribution in [-0.2, 0) is 11.3 Å². The first-order valence-corrected chi connectivity index (χ1v) is 9.08. The average Bonchev–Trinajstić information content (AvgIpc) is 3.23. The van der Waals surface area contributed by atoms with Gasteiger partial charge in [0, 0.05) is 30.1 Å². The zero-order valence-electron chi connectivity index (χ0n) is 12.9. The van der Waals surface area contributed by atoms with Crippen LogP contribution in [0, 0.1) is 6.92 Å². The molecule has 2 aromatic rings. The normalized spacial score (nSPS) is 22.8. The molecule has 5 nitrogen and oxygen atoms in total. The molecule has 0 bridgehead atoms. The van der Waals surface area contributed by atoms with Crippen molar-refractivity contribution >= 4 is 22.2 Å².